The van der Waals surface area contributed by atoms with Gasteiger partial charge in [0.25, 0.3) is 5.91 Å². The van der Waals surface area contributed by atoms with Crippen molar-refractivity contribution >= 4 is 11.6 Å². The minimum atomic E-state index is 0.110. The van der Waals surface area contributed by atoms with Crippen LogP contribution in [0.2, 0.25) is 0 Å². The molecule has 1 heterocycles. The average Bonchev–Trinajstić information content (AvgIpc) is 2.46. The third-order valence-electron chi connectivity index (χ3n) is 3.95. The highest BCUT2D eigenvalue weighted by atomic mass is 16.5. The van der Waals surface area contributed by atoms with Crippen LogP contribution in [0, 0.1) is 6.92 Å². The zero-order valence-corrected chi connectivity index (χ0v) is 12.8. The summed E-state index contributed by atoms with van der Waals surface area (Å²) in [4.78, 5) is 14.8. The number of anilines is 1. The molecule has 4 nitrogen and oxygen atoms in total. The minimum absolute atomic E-state index is 0.110. The normalized spacial score (nSPS) is 22.7. The quantitative estimate of drug-likeness (QED) is 0.923. The number of carbonyl (C=O) groups excluding carboxylic acids is 1. The van der Waals surface area contributed by atoms with Gasteiger partial charge in [0.15, 0.2) is 0 Å². The van der Waals surface area contributed by atoms with E-state index in [0.29, 0.717) is 13.2 Å². The molecule has 0 spiro atoms. The van der Waals surface area contributed by atoms with E-state index in [9.17, 15) is 4.79 Å². The molecule has 1 aliphatic heterocycles. The highest BCUT2D eigenvalue weighted by Gasteiger charge is 2.30. The molecule has 2 rings (SSSR count). The molecule has 1 N–H and O–H groups in total. The zero-order valence-electron chi connectivity index (χ0n) is 12.8. The van der Waals surface area contributed by atoms with Gasteiger partial charge in [0, 0.05) is 24.8 Å². The molecule has 20 heavy (non-hydrogen) atoms. The molecule has 0 bridgehead atoms. The van der Waals surface area contributed by atoms with Crippen LogP contribution in [0.25, 0.3) is 0 Å². The van der Waals surface area contributed by atoms with Crippen LogP contribution < -0.4 is 5.32 Å². The Morgan fingerprint density at radius 1 is 1.50 bits per heavy atom. The molecule has 1 aromatic carbocycles. The van der Waals surface area contributed by atoms with E-state index in [1.165, 1.54) is 0 Å². The van der Waals surface area contributed by atoms with Crippen molar-refractivity contribution in [3.8, 4) is 0 Å². The van der Waals surface area contributed by atoms with Crippen LogP contribution in [0.1, 0.15) is 36.2 Å². The predicted molar refractivity (Wildman–Crippen MR) is 81.3 cm³/mol. The van der Waals surface area contributed by atoms with E-state index in [1.54, 1.807) is 0 Å². The van der Waals surface area contributed by atoms with Gasteiger partial charge in [-0.1, -0.05) is 6.92 Å². The van der Waals surface area contributed by atoms with Crippen LogP contribution in [0.4, 0.5) is 5.69 Å². The lowest BCUT2D eigenvalue weighted by atomic mass is 10.0. The van der Waals surface area contributed by atoms with Gasteiger partial charge in [-0.15, -0.1) is 0 Å². The molecule has 1 fully saturated rings. The second-order valence-corrected chi connectivity index (χ2v) is 5.44. The third-order valence-corrected chi connectivity index (χ3v) is 3.95. The van der Waals surface area contributed by atoms with Gasteiger partial charge in [-0.3, -0.25) is 4.79 Å². The summed E-state index contributed by atoms with van der Waals surface area (Å²) >= 11 is 0. The van der Waals surface area contributed by atoms with Crippen molar-refractivity contribution in [3.05, 3.63) is 29.3 Å². The number of ether oxygens (including phenoxy) is 1. The first-order valence-electron chi connectivity index (χ1n) is 7.27. The lowest BCUT2D eigenvalue weighted by molar-refractivity contribution is -0.0444. The number of aryl methyl sites for hydroxylation is 1. The molecule has 2 atom stereocenters. The standard InChI is InChI=1S/C16H24N2O2/c1-5-14-10-20-12(3)9-18(14)16(19)15-7-6-13(17-4)8-11(15)2/h6-8,12,14,17H,5,9-10H2,1-4H3. The second kappa shape index (κ2) is 6.27. The minimum Gasteiger partial charge on any atom is -0.388 e. The van der Waals surface area contributed by atoms with E-state index >= 15 is 0 Å². The monoisotopic (exact) mass is 276 g/mol. The average molecular weight is 276 g/mol. The maximum Gasteiger partial charge on any atom is 0.254 e. The molecule has 0 aromatic heterocycles. The molecular weight excluding hydrogens is 252 g/mol. The van der Waals surface area contributed by atoms with Gasteiger partial charge in [-0.2, -0.15) is 0 Å². The molecular formula is C16H24N2O2. The van der Waals surface area contributed by atoms with Crippen molar-refractivity contribution < 1.29 is 9.53 Å². The van der Waals surface area contributed by atoms with Gasteiger partial charge < -0.3 is 15.0 Å². The predicted octanol–water partition coefficient (Wildman–Crippen LogP) is 2.68. The van der Waals surface area contributed by atoms with Gasteiger partial charge in [0.2, 0.25) is 0 Å². The zero-order chi connectivity index (χ0) is 14.7. The Kier molecular flexibility index (Phi) is 4.65. The van der Waals surface area contributed by atoms with Crippen LogP contribution >= 0.6 is 0 Å². The molecule has 2 unspecified atom stereocenters. The molecule has 0 aliphatic carbocycles. The SMILES string of the molecule is CCC1COC(C)CN1C(=O)c1ccc(NC)cc1C. The number of amides is 1. The Bertz CT molecular complexity index is 487. The van der Waals surface area contributed by atoms with Gasteiger partial charge in [-0.05, 0) is 44.0 Å². The Morgan fingerprint density at radius 3 is 2.85 bits per heavy atom. The summed E-state index contributed by atoms with van der Waals surface area (Å²) in [5, 5.41) is 3.10. The molecule has 1 saturated heterocycles. The molecule has 0 radical (unpaired) electrons. The second-order valence-electron chi connectivity index (χ2n) is 5.44. The van der Waals surface area contributed by atoms with Crippen molar-refractivity contribution in [2.45, 2.75) is 39.3 Å². The summed E-state index contributed by atoms with van der Waals surface area (Å²) in [6.45, 7) is 7.41. The maximum absolute atomic E-state index is 12.8. The summed E-state index contributed by atoms with van der Waals surface area (Å²) in [5.41, 5.74) is 2.83. The van der Waals surface area contributed by atoms with Crippen LogP contribution in [0.3, 0.4) is 0 Å². The first-order valence-corrected chi connectivity index (χ1v) is 7.27. The number of hydrogen-bond acceptors (Lipinski definition) is 3. The molecule has 1 aliphatic rings. The number of nitrogens with zero attached hydrogens (tertiary/aromatic N) is 1. The van der Waals surface area contributed by atoms with Gasteiger partial charge in [0.05, 0.1) is 18.8 Å². The summed E-state index contributed by atoms with van der Waals surface area (Å²) < 4.78 is 5.66. The summed E-state index contributed by atoms with van der Waals surface area (Å²) in [6.07, 6.45) is 1.03. The van der Waals surface area contributed by atoms with E-state index in [2.05, 4.69) is 12.2 Å². The molecule has 4 heteroatoms. The smallest absolute Gasteiger partial charge is 0.254 e. The van der Waals surface area contributed by atoms with Crippen LogP contribution in [0.15, 0.2) is 18.2 Å². The summed E-state index contributed by atoms with van der Waals surface area (Å²) in [6, 6.07) is 6.06. The molecule has 1 aromatic rings. The lowest BCUT2D eigenvalue weighted by Gasteiger charge is -2.38. The summed E-state index contributed by atoms with van der Waals surface area (Å²) in [5.74, 6) is 0.118. The highest BCUT2D eigenvalue weighted by molar-refractivity contribution is 5.96. The van der Waals surface area contributed by atoms with Crippen molar-refractivity contribution in [2.75, 3.05) is 25.5 Å². The number of rotatable bonds is 3. The van der Waals surface area contributed by atoms with Crippen molar-refractivity contribution in [1.29, 1.82) is 0 Å². The summed E-state index contributed by atoms with van der Waals surface area (Å²) in [7, 11) is 1.88. The molecule has 1 amide bonds. The Hall–Kier alpha value is -1.55. The number of hydrogen-bond donors (Lipinski definition) is 1. The Morgan fingerprint density at radius 2 is 2.25 bits per heavy atom. The fourth-order valence-electron chi connectivity index (χ4n) is 2.64. The van der Waals surface area contributed by atoms with E-state index in [0.717, 1.165) is 23.2 Å². The third kappa shape index (κ3) is 2.96. The van der Waals surface area contributed by atoms with E-state index in [1.807, 2.05) is 44.0 Å². The number of nitrogens with one attached hydrogen (secondary N) is 1. The van der Waals surface area contributed by atoms with Crippen LogP contribution in [-0.2, 0) is 4.74 Å². The largest absolute Gasteiger partial charge is 0.388 e. The van der Waals surface area contributed by atoms with Gasteiger partial charge in [-0.25, -0.2) is 0 Å². The highest BCUT2D eigenvalue weighted by Crippen LogP contribution is 2.21. The Balaban J connectivity index is 2.24. The molecule has 0 saturated carbocycles. The maximum atomic E-state index is 12.8. The topological polar surface area (TPSA) is 41.6 Å². The van der Waals surface area contributed by atoms with E-state index in [4.69, 9.17) is 4.74 Å². The van der Waals surface area contributed by atoms with Gasteiger partial charge >= 0.3 is 0 Å². The van der Waals surface area contributed by atoms with E-state index in [-0.39, 0.29) is 18.1 Å². The fraction of sp³-hybridized carbons (Fsp3) is 0.562. The van der Waals surface area contributed by atoms with Crippen LogP contribution in [-0.4, -0.2) is 43.2 Å². The van der Waals surface area contributed by atoms with Crippen molar-refractivity contribution in [2.24, 2.45) is 0 Å². The number of benzene rings is 1. The first-order chi connectivity index (χ1) is 9.56. The first kappa shape index (κ1) is 14.9. The molecule has 110 valence electrons. The van der Waals surface area contributed by atoms with Gasteiger partial charge in [0.1, 0.15) is 0 Å². The lowest BCUT2D eigenvalue weighted by Crippen LogP contribution is -2.51. The van der Waals surface area contributed by atoms with Crippen molar-refractivity contribution in [3.63, 3.8) is 0 Å². The van der Waals surface area contributed by atoms with Crippen molar-refractivity contribution in [1.82, 2.24) is 4.90 Å². The Labute approximate surface area is 121 Å². The number of morpholine rings is 1. The van der Waals surface area contributed by atoms with Crippen LogP contribution in [0.5, 0.6) is 0 Å². The fourth-order valence-corrected chi connectivity index (χ4v) is 2.64. The number of carbonyl (C=O) groups is 1. The van der Waals surface area contributed by atoms with E-state index < -0.39 is 0 Å².